The van der Waals surface area contributed by atoms with Gasteiger partial charge in [-0.25, -0.2) is 0 Å². The highest BCUT2D eigenvalue weighted by molar-refractivity contribution is 14.1. The third kappa shape index (κ3) is 7.27. The van der Waals surface area contributed by atoms with E-state index in [0.717, 1.165) is 87.3 Å². The molecule has 1 saturated heterocycles. The monoisotopic (exact) mass is 834 g/mol. The van der Waals surface area contributed by atoms with Crippen molar-refractivity contribution in [1.82, 2.24) is 0 Å². The van der Waals surface area contributed by atoms with Crippen molar-refractivity contribution in [2.24, 2.45) is 0 Å². The van der Waals surface area contributed by atoms with Gasteiger partial charge in [-0.05, 0) is 115 Å². The molecule has 0 amide bonds. The third-order valence-corrected chi connectivity index (χ3v) is 9.00. The molecule has 0 aromatic heterocycles. The predicted molar refractivity (Wildman–Crippen MR) is 195 cm³/mol. The number of methoxy groups -OCH3 is 5. The van der Waals surface area contributed by atoms with Crippen LogP contribution in [0.25, 0.3) is 21.5 Å². The largest absolute Gasteiger partial charge is 0.497 e. The molecule has 2 heterocycles. The lowest BCUT2D eigenvalue weighted by Gasteiger charge is -2.32. The minimum atomic E-state index is -0.131. The summed E-state index contributed by atoms with van der Waals surface area (Å²) in [4.78, 5) is 0. The van der Waals surface area contributed by atoms with Crippen LogP contribution in [0.1, 0.15) is 22.6 Å². The zero-order chi connectivity index (χ0) is 32.1. The summed E-state index contributed by atoms with van der Waals surface area (Å²) < 4.78 is 39.9. The van der Waals surface area contributed by atoms with Crippen LogP contribution in [0, 0.1) is 7.14 Å². The molecule has 45 heavy (non-hydrogen) atoms. The molecule has 1 fully saturated rings. The maximum Gasteiger partial charge on any atom is 0.144 e. The van der Waals surface area contributed by atoms with Gasteiger partial charge >= 0.3 is 0 Å². The van der Waals surface area contributed by atoms with E-state index in [1.54, 1.807) is 42.7 Å². The van der Waals surface area contributed by atoms with Crippen LogP contribution in [0.2, 0.25) is 0 Å². The molecular weight excluding hydrogens is 798 g/mol. The summed E-state index contributed by atoms with van der Waals surface area (Å²) in [6, 6.07) is 25.1. The Morgan fingerprint density at radius 2 is 1.29 bits per heavy atom. The standard InChI is InChI=1S/C30H22I2O4.C4H8O2.C2H6O/c1-33-19-8-4-16-6-10-25(35-3)27(21(16)14-19)29-23-12-18(31)13-24(32)30(23)36-26-11-7-17-5-9-20(34-2)15-22(17)28(26)29;1-5-2-4-3-6-4;1-3-2/h4-15,29H,1-3H3;4H,2-3H2,1H3;1-2H3. The first-order chi connectivity index (χ1) is 21.9. The molecule has 2 aliphatic heterocycles. The molecule has 2 aliphatic rings. The molecule has 0 spiro atoms. The van der Waals surface area contributed by atoms with Crippen molar-refractivity contribution in [3.05, 3.63) is 96.6 Å². The Bertz CT molecular complexity index is 1800. The van der Waals surface area contributed by atoms with Gasteiger partial charge in [0.15, 0.2) is 0 Å². The smallest absolute Gasteiger partial charge is 0.144 e. The lowest BCUT2D eigenvalue weighted by molar-refractivity contribution is 0.171. The van der Waals surface area contributed by atoms with Gasteiger partial charge in [0.25, 0.3) is 0 Å². The first-order valence-electron chi connectivity index (χ1n) is 14.3. The van der Waals surface area contributed by atoms with Gasteiger partial charge < -0.3 is 33.2 Å². The summed E-state index contributed by atoms with van der Waals surface area (Å²) in [6.07, 6.45) is 0.426. The fourth-order valence-electron chi connectivity index (χ4n) is 5.54. The second-order valence-corrected chi connectivity index (χ2v) is 12.9. The average Bonchev–Trinajstić information content (AvgIpc) is 3.88. The molecule has 0 saturated carbocycles. The Kier molecular flexibility index (Phi) is 11.3. The maximum absolute atomic E-state index is 6.61. The molecular formula is C36H36I2O7. The number of benzene rings is 5. The van der Waals surface area contributed by atoms with E-state index in [1.807, 2.05) is 12.1 Å². The van der Waals surface area contributed by atoms with E-state index in [9.17, 15) is 0 Å². The van der Waals surface area contributed by atoms with Crippen LogP contribution >= 0.6 is 45.2 Å². The molecule has 9 heteroatoms. The fraction of sp³-hybridized carbons (Fsp3) is 0.278. The SMILES string of the molecule is COC.COCC1CO1.COc1ccc2ccc(OC)c(C3c4cc(I)cc(I)c4Oc4ccc5ccc(OC)cc5c43)c2c1. The van der Waals surface area contributed by atoms with Crippen molar-refractivity contribution in [2.45, 2.75) is 12.0 Å². The summed E-state index contributed by atoms with van der Waals surface area (Å²) in [5.41, 5.74) is 3.31. The number of hydrogen-bond donors (Lipinski definition) is 0. The molecule has 0 aliphatic carbocycles. The van der Waals surface area contributed by atoms with Crippen LogP contribution in [-0.4, -0.2) is 62.0 Å². The molecule has 5 aromatic carbocycles. The van der Waals surface area contributed by atoms with Crippen molar-refractivity contribution < 1.29 is 33.2 Å². The second kappa shape index (κ2) is 15.2. The maximum atomic E-state index is 6.61. The van der Waals surface area contributed by atoms with Crippen molar-refractivity contribution in [3.63, 3.8) is 0 Å². The zero-order valence-corrected chi connectivity index (χ0v) is 30.4. The molecule has 7 nitrogen and oxygen atoms in total. The summed E-state index contributed by atoms with van der Waals surface area (Å²) in [5.74, 6) is 4.04. The zero-order valence-electron chi connectivity index (χ0n) is 26.1. The molecule has 2 unspecified atom stereocenters. The molecule has 0 N–H and O–H groups in total. The highest BCUT2D eigenvalue weighted by Gasteiger charge is 2.35. The van der Waals surface area contributed by atoms with E-state index >= 15 is 0 Å². The second-order valence-electron chi connectivity index (χ2n) is 10.5. The van der Waals surface area contributed by atoms with Crippen molar-refractivity contribution in [2.75, 3.05) is 55.9 Å². The predicted octanol–water partition coefficient (Wildman–Crippen LogP) is 8.81. The van der Waals surface area contributed by atoms with Crippen LogP contribution in [-0.2, 0) is 14.2 Å². The number of rotatable bonds is 6. The minimum Gasteiger partial charge on any atom is -0.497 e. The first-order valence-corrected chi connectivity index (χ1v) is 16.5. The van der Waals surface area contributed by atoms with E-state index in [-0.39, 0.29) is 5.92 Å². The minimum absolute atomic E-state index is 0.131. The summed E-state index contributed by atoms with van der Waals surface area (Å²) in [7, 11) is 10.1. The van der Waals surface area contributed by atoms with Gasteiger partial charge in [0, 0.05) is 47.5 Å². The van der Waals surface area contributed by atoms with Gasteiger partial charge in [0.2, 0.25) is 0 Å². The lowest BCUT2D eigenvalue weighted by atomic mass is 9.78. The third-order valence-electron chi connectivity index (χ3n) is 7.57. The van der Waals surface area contributed by atoms with E-state index in [1.165, 1.54) is 0 Å². The van der Waals surface area contributed by atoms with Crippen LogP contribution in [0.3, 0.4) is 0 Å². The Balaban J connectivity index is 0.000000388. The van der Waals surface area contributed by atoms with Crippen LogP contribution in [0.15, 0.2) is 72.8 Å². The number of ether oxygens (including phenoxy) is 7. The Morgan fingerprint density at radius 1 is 0.711 bits per heavy atom. The summed E-state index contributed by atoms with van der Waals surface area (Å²) >= 11 is 4.76. The lowest BCUT2D eigenvalue weighted by Crippen LogP contribution is -2.15. The van der Waals surface area contributed by atoms with E-state index in [2.05, 4.69) is 111 Å². The molecule has 5 aromatic rings. The highest BCUT2D eigenvalue weighted by Crippen LogP contribution is 2.55. The first kappa shape index (κ1) is 33.5. The molecule has 7 rings (SSSR count). The van der Waals surface area contributed by atoms with Crippen molar-refractivity contribution in [3.8, 4) is 28.7 Å². The van der Waals surface area contributed by atoms with Crippen molar-refractivity contribution in [1.29, 1.82) is 0 Å². The number of epoxide rings is 1. The van der Waals surface area contributed by atoms with E-state index < -0.39 is 0 Å². The Morgan fingerprint density at radius 3 is 1.82 bits per heavy atom. The van der Waals surface area contributed by atoms with Crippen LogP contribution in [0.4, 0.5) is 0 Å². The van der Waals surface area contributed by atoms with Gasteiger partial charge in [0.05, 0.1) is 38.1 Å². The number of hydrogen-bond acceptors (Lipinski definition) is 7. The quantitative estimate of drug-likeness (QED) is 0.123. The topological polar surface area (TPSA) is 67.9 Å². The highest BCUT2D eigenvalue weighted by atomic mass is 127. The van der Waals surface area contributed by atoms with Gasteiger partial charge in [0.1, 0.15) is 34.9 Å². The molecule has 0 bridgehead atoms. The van der Waals surface area contributed by atoms with Crippen molar-refractivity contribution >= 4 is 66.7 Å². The number of halogens is 2. The molecule has 2 atom stereocenters. The van der Waals surface area contributed by atoms with E-state index in [0.29, 0.717) is 6.10 Å². The van der Waals surface area contributed by atoms with E-state index in [4.69, 9.17) is 28.4 Å². The normalized spacial score (nSPS) is 15.8. The molecule has 236 valence electrons. The van der Waals surface area contributed by atoms with Gasteiger partial charge in [-0.1, -0.05) is 24.3 Å². The van der Waals surface area contributed by atoms with Crippen LogP contribution in [0.5, 0.6) is 28.7 Å². The Labute approximate surface area is 291 Å². The van der Waals surface area contributed by atoms with Gasteiger partial charge in [-0.2, -0.15) is 0 Å². The molecule has 0 radical (unpaired) electrons. The van der Waals surface area contributed by atoms with Gasteiger partial charge in [-0.15, -0.1) is 0 Å². The summed E-state index contributed by atoms with van der Waals surface area (Å²) in [5, 5.41) is 4.44. The Hall–Kier alpha value is -2.84. The average molecular weight is 834 g/mol. The number of fused-ring (bicyclic) bond motifs is 5. The van der Waals surface area contributed by atoms with Crippen LogP contribution < -0.4 is 18.9 Å². The summed E-state index contributed by atoms with van der Waals surface area (Å²) in [6.45, 7) is 1.66. The van der Waals surface area contributed by atoms with Gasteiger partial charge in [-0.3, -0.25) is 0 Å². The fourth-order valence-corrected chi connectivity index (χ4v) is 7.54.